The first-order valence-electron chi connectivity index (χ1n) is 4.41. The van der Waals surface area contributed by atoms with Crippen molar-refractivity contribution < 1.29 is 8.42 Å². The summed E-state index contributed by atoms with van der Waals surface area (Å²) in [5, 5.41) is 7.66. The predicted molar refractivity (Wildman–Crippen MR) is 55.5 cm³/mol. The van der Waals surface area contributed by atoms with Crippen LogP contribution in [0.3, 0.4) is 0 Å². The zero-order valence-electron chi connectivity index (χ0n) is 7.60. The van der Waals surface area contributed by atoms with E-state index in [4.69, 9.17) is 5.14 Å². The predicted octanol–water partition coefficient (Wildman–Crippen LogP) is 0.312. The molecule has 1 aromatic carbocycles. The summed E-state index contributed by atoms with van der Waals surface area (Å²) < 4.78 is 22.3. The Morgan fingerprint density at radius 2 is 2.07 bits per heavy atom. The molecule has 0 radical (unpaired) electrons. The average Bonchev–Trinajstić information content (AvgIpc) is 2.16. The van der Waals surface area contributed by atoms with Gasteiger partial charge < -0.3 is 5.32 Å². The molecule has 4 nitrogen and oxygen atoms in total. The summed E-state index contributed by atoms with van der Waals surface area (Å²) in [5.41, 5.74) is 2.02. The van der Waals surface area contributed by atoms with Crippen molar-refractivity contribution in [1.29, 1.82) is 0 Å². The SMILES string of the molecule is NS(=O)(=O)[C@H]1CNc2ccccc2C1. The molecule has 1 atom stereocenters. The van der Waals surface area contributed by atoms with Gasteiger partial charge in [-0.25, -0.2) is 13.6 Å². The van der Waals surface area contributed by atoms with Crippen molar-refractivity contribution in [2.24, 2.45) is 5.14 Å². The lowest BCUT2D eigenvalue weighted by atomic mass is 10.0. The highest BCUT2D eigenvalue weighted by atomic mass is 32.2. The number of sulfonamides is 1. The van der Waals surface area contributed by atoms with E-state index in [9.17, 15) is 8.42 Å². The third-order valence-corrected chi connectivity index (χ3v) is 3.71. The van der Waals surface area contributed by atoms with E-state index in [1.54, 1.807) is 0 Å². The van der Waals surface area contributed by atoms with Crippen molar-refractivity contribution in [3.05, 3.63) is 29.8 Å². The number of hydrogen-bond donors (Lipinski definition) is 2. The van der Waals surface area contributed by atoms with Gasteiger partial charge in [-0.2, -0.15) is 0 Å². The Hall–Kier alpha value is -1.07. The Kier molecular flexibility index (Phi) is 2.20. The molecule has 76 valence electrons. The molecule has 0 saturated heterocycles. The average molecular weight is 212 g/mol. The molecule has 0 aliphatic carbocycles. The van der Waals surface area contributed by atoms with Crippen molar-refractivity contribution in [2.75, 3.05) is 11.9 Å². The Labute approximate surface area is 83.2 Å². The van der Waals surface area contributed by atoms with Crippen LogP contribution in [0.5, 0.6) is 0 Å². The second-order valence-electron chi connectivity index (χ2n) is 3.45. The maximum atomic E-state index is 11.1. The minimum absolute atomic E-state index is 0.399. The number of fused-ring (bicyclic) bond motifs is 1. The van der Waals surface area contributed by atoms with Gasteiger partial charge in [0.1, 0.15) is 0 Å². The van der Waals surface area contributed by atoms with Gasteiger partial charge in [0.05, 0.1) is 5.25 Å². The van der Waals surface area contributed by atoms with Crippen LogP contribution < -0.4 is 10.5 Å². The van der Waals surface area contributed by atoms with E-state index >= 15 is 0 Å². The fourth-order valence-electron chi connectivity index (χ4n) is 1.64. The zero-order chi connectivity index (χ0) is 10.2. The Morgan fingerprint density at radius 3 is 2.79 bits per heavy atom. The lowest BCUT2D eigenvalue weighted by Crippen LogP contribution is -2.39. The largest absolute Gasteiger partial charge is 0.383 e. The molecule has 3 N–H and O–H groups in total. The van der Waals surface area contributed by atoms with Crippen LogP contribution in [0.25, 0.3) is 0 Å². The number of nitrogens with one attached hydrogen (secondary N) is 1. The van der Waals surface area contributed by atoms with Crippen LogP contribution in [0.15, 0.2) is 24.3 Å². The molecule has 1 aromatic rings. The number of primary sulfonamides is 1. The summed E-state index contributed by atoms with van der Waals surface area (Å²) in [6.45, 7) is 0.399. The molecule has 0 aromatic heterocycles. The van der Waals surface area contributed by atoms with Gasteiger partial charge in [-0.3, -0.25) is 0 Å². The molecule has 1 aliphatic rings. The van der Waals surface area contributed by atoms with E-state index in [0.717, 1.165) is 11.3 Å². The van der Waals surface area contributed by atoms with Crippen molar-refractivity contribution in [3.63, 3.8) is 0 Å². The van der Waals surface area contributed by atoms with E-state index in [1.165, 1.54) is 0 Å². The summed E-state index contributed by atoms with van der Waals surface area (Å²) in [6, 6.07) is 7.67. The number of anilines is 1. The molecule has 0 saturated carbocycles. The molecular weight excluding hydrogens is 200 g/mol. The topological polar surface area (TPSA) is 72.2 Å². The lowest BCUT2D eigenvalue weighted by molar-refractivity contribution is 0.580. The third kappa shape index (κ3) is 1.73. The molecule has 0 bridgehead atoms. The van der Waals surface area contributed by atoms with E-state index in [0.29, 0.717) is 13.0 Å². The monoisotopic (exact) mass is 212 g/mol. The molecule has 0 spiro atoms. The first-order chi connectivity index (χ1) is 6.57. The molecule has 0 unspecified atom stereocenters. The summed E-state index contributed by atoms with van der Waals surface area (Å²) in [6.07, 6.45) is 0.502. The van der Waals surface area contributed by atoms with Gasteiger partial charge >= 0.3 is 0 Å². The van der Waals surface area contributed by atoms with Crippen LogP contribution in [0, 0.1) is 0 Å². The minimum atomic E-state index is -3.43. The second-order valence-corrected chi connectivity index (χ2v) is 5.30. The van der Waals surface area contributed by atoms with Crippen LogP contribution in [0.1, 0.15) is 5.56 Å². The summed E-state index contributed by atoms with van der Waals surface area (Å²) in [4.78, 5) is 0. The summed E-state index contributed by atoms with van der Waals surface area (Å²) in [5.74, 6) is 0. The summed E-state index contributed by atoms with van der Waals surface area (Å²) >= 11 is 0. The maximum absolute atomic E-state index is 11.1. The van der Waals surface area contributed by atoms with Gasteiger partial charge in [0.2, 0.25) is 10.0 Å². The lowest BCUT2D eigenvalue weighted by Gasteiger charge is -2.24. The first kappa shape index (κ1) is 9.48. The van der Waals surface area contributed by atoms with Crippen LogP contribution in [0.2, 0.25) is 0 Å². The molecule has 2 rings (SSSR count). The van der Waals surface area contributed by atoms with Gasteiger partial charge in [-0.05, 0) is 18.1 Å². The van der Waals surface area contributed by atoms with E-state index in [2.05, 4.69) is 5.32 Å². The van der Waals surface area contributed by atoms with Crippen molar-refractivity contribution in [2.45, 2.75) is 11.7 Å². The van der Waals surface area contributed by atoms with E-state index in [-0.39, 0.29) is 0 Å². The molecular formula is C9H12N2O2S. The van der Waals surface area contributed by atoms with Gasteiger partial charge in [0, 0.05) is 12.2 Å². The van der Waals surface area contributed by atoms with Crippen molar-refractivity contribution in [3.8, 4) is 0 Å². The van der Waals surface area contributed by atoms with Gasteiger partial charge in [0.25, 0.3) is 0 Å². The van der Waals surface area contributed by atoms with Crippen LogP contribution >= 0.6 is 0 Å². The van der Waals surface area contributed by atoms with E-state index in [1.807, 2.05) is 24.3 Å². The zero-order valence-corrected chi connectivity index (χ0v) is 8.42. The smallest absolute Gasteiger partial charge is 0.214 e. The Balaban J connectivity index is 2.30. The fraction of sp³-hybridized carbons (Fsp3) is 0.333. The molecule has 0 fully saturated rings. The van der Waals surface area contributed by atoms with Crippen molar-refractivity contribution in [1.82, 2.24) is 0 Å². The standard InChI is InChI=1S/C9H12N2O2S/c10-14(12,13)8-5-7-3-1-2-4-9(7)11-6-8/h1-4,8,11H,5-6H2,(H2,10,12,13)/t8-/m1/s1. The number of para-hydroxylation sites is 1. The van der Waals surface area contributed by atoms with Crippen molar-refractivity contribution >= 4 is 15.7 Å². The molecule has 0 amide bonds. The highest BCUT2D eigenvalue weighted by molar-refractivity contribution is 7.89. The minimum Gasteiger partial charge on any atom is -0.383 e. The fourth-order valence-corrected chi connectivity index (χ4v) is 2.37. The Morgan fingerprint density at radius 1 is 1.36 bits per heavy atom. The molecule has 1 aliphatic heterocycles. The maximum Gasteiger partial charge on any atom is 0.214 e. The van der Waals surface area contributed by atoms with Gasteiger partial charge in [0.15, 0.2) is 0 Å². The van der Waals surface area contributed by atoms with Crippen LogP contribution in [-0.4, -0.2) is 20.2 Å². The normalized spacial score (nSPS) is 21.1. The summed E-state index contributed by atoms with van der Waals surface area (Å²) in [7, 11) is -3.43. The Bertz CT molecular complexity index is 442. The molecule has 14 heavy (non-hydrogen) atoms. The first-order valence-corrected chi connectivity index (χ1v) is 6.02. The number of rotatable bonds is 1. The van der Waals surface area contributed by atoms with Gasteiger partial charge in [-0.15, -0.1) is 0 Å². The van der Waals surface area contributed by atoms with Gasteiger partial charge in [-0.1, -0.05) is 18.2 Å². The number of benzene rings is 1. The van der Waals surface area contributed by atoms with Crippen LogP contribution in [-0.2, 0) is 16.4 Å². The highest BCUT2D eigenvalue weighted by Gasteiger charge is 2.26. The molecule has 1 heterocycles. The molecule has 5 heteroatoms. The second kappa shape index (κ2) is 3.25. The van der Waals surface area contributed by atoms with Crippen LogP contribution in [0.4, 0.5) is 5.69 Å². The number of hydrogen-bond acceptors (Lipinski definition) is 3. The highest BCUT2D eigenvalue weighted by Crippen LogP contribution is 2.23. The quantitative estimate of drug-likeness (QED) is 0.703. The van der Waals surface area contributed by atoms with E-state index < -0.39 is 15.3 Å². The third-order valence-electron chi connectivity index (χ3n) is 2.45. The number of nitrogens with two attached hydrogens (primary N) is 1.